The number of Topliss-reactive ketones (excluding diaryl/α,β-unsaturated/α-hetero) is 2. The van der Waals surface area contributed by atoms with Gasteiger partial charge in [-0.25, -0.2) is 0 Å². The normalized spacial score (nSPS) is 18.4. The fourth-order valence-electron chi connectivity index (χ4n) is 2.78. The lowest BCUT2D eigenvalue weighted by Gasteiger charge is -2.14. The molecule has 2 heteroatoms. The molecular formula is C15H18O2. The molecule has 0 heterocycles. The van der Waals surface area contributed by atoms with Crippen LogP contribution >= 0.6 is 0 Å². The van der Waals surface area contributed by atoms with Gasteiger partial charge in [0.1, 0.15) is 5.78 Å². The molecule has 0 spiro atoms. The smallest absolute Gasteiger partial charge is 0.174 e. The van der Waals surface area contributed by atoms with Crippen LogP contribution in [0.25, 0.3) is 0 Å². The number of carbonyl (C=O) groups excluding carboxylic acids is 2. The molecule has 90 valence electrons. The van der Waals surface area contributed by atoms with Gasteiger partial charge in [-0.3, -0.25) is 9.59 Å². The van der Waals surface area contributed by atoms with E-state index in [1.165, 1.54) is 23.6 Å². The Morgan fingerprint density at radius 3 is 2.06 bits per heavy atom. The summed E-state index contributed by atoms with van der Waals surface area (Å²) in [7, 11) is 0. The number of ketones is 2. The quantitative estimate of drug-likeness (QED) is 0.695. The molecule has 1 aliphatic carbocycles. The van der Waals surface area contributed by atoms with E-state index in [1.54, 1.807) is 0 Å². The number of benzene rings is 1. The highest BCUT2D eigenvalue weighted by Gasteiger charge is 2.36. The van der Waals surface area contributed by atoms with Crippen LogP contribution in [0.2, 0.25) is 0 Å². The van der Waals surface area contributed by atoms with E-state index in [2.05, 4.69) is 13.8 Å². The number of hydrogen-bond acceptors (Lipinski definition) is 2. The summed E-state index contributed by atoms with van der Waals surface area (Å²) in [6.07, 6.45) is 0.595. The average molecular weight is 230 g/mol. The molecule has 0 amide bonds. The summed E-state index contributed by atoms with van der Waals surface area (Å²) in [6.45, 7) is 9.69. The van der Waals surface area contributed by atoms with E-state index in [1.807, 2.05) is 13.8 Å². The fourth-order valence-corrected chi connectivity index (χ4v) is 2.78. The monoisotopic (exact) mass is 230 g/mol. The van der Waals surface area contributed by atoms with Crippen molar-refractivity contribution in [1.29, 1.82) is 0 Å². The minimum atomic E-state index is -0.441. The van der Waals surface area contributed by atoms with Gasteiger partial charge >= 0.3 is 0 Å². The predicted octanol–water partition coefficient (Wildman–Crippen LogP) is 2.86. The maximum Gasteiger partial charge on any atom is 0.174 e. The minimum absolute atomic E-state index is 0.0136. The lowest BCUT2D eigenvalue weighted by Crippen LogP contribution is -2.17. The molecule has 0 aliphatic heterocycles. The van der Waals surface area contributed by atoms with Gasteiger partial charge in [-0.15, -0.1) is 0 Å². The molecule has 1 aliphatic rings. The lowest BCUT2D eigenvalue weighted by molar-refractivity contribution is -0.119. The van der Waals surface area contributed by atoms with Gasteiger partial charge in [-0.05, 0) is 68.9 Å². The van der Waals surface area contributed by atoms with Crippen molar-refractivity contribution in [3.63, 3.8) is 0 Å². The van der Waals surface area contributed by atoms with Gasteiger partial charge in [0.15, 0.2) is 5.78 Å². The number of rotatable bonds is 1. The first-order valence-electron chi connectivity index (χ1n) is 6.00. The Bertz CT molecular complexity index is 539. The number of fused-ring (bicyclic) bond motifs is 1. The molecule has 17 heavy (non-hydrogen) atoms. The van der Waals surface area contributed by atoms with E-state index in [9.17, 15) is 9.59 Å². The number of carbonyl (C=O) groups is 2. The molecule has 0 saturated heterocycles. The highest BCUT2D eigenvalue weighted by atomic mass is 16.1. The van der Waals surface area contributed by atoms with Gasteiger partial charge in [-0.1, -0.05) is 0 Å². The Morgan fingerprint density at radius 2 is 1.53 bits per heavy atom. The van der Waals surface area contributed by atoms with Gasteiger partial charge < -0.3 is 0 Å². The molecule has 0 N–H and O–H groups in total. The molecule has 1 unspecified atom stereocenters. The summed E-state index contributed by atoms with van der Waals surface area (Å²) in [5, 5.41) is 0. The van der Waals surface area contributed by atoms with Crippen molar-refractivity contribution in [2.75, 3.05) is 0 Å². The van der Waals surface area contributed by atoms with E-state index in [4.69, 9.17) is 0 Å². The molecule has 1 atom stereocenters. The first-order valence-corrected chi connectivity index (χ1v) is 6.00. The summed E-state index contributed by atoms with van der Waals surface area (Å²) in [5.74, 6) is -0.430. The maximum atomic E-state index is 12.3. The van der Waals surface area contributed by atoms with Crippen molar-refractivity contribution in [2.24, 2.45) is 5.92 Å². The molecule has 0 radical (unpaired) electrons. The lowest BCUT2D eigenvalue weighted by atomic mass is 9.90. The summed E-state index contributed by atoms with van der Waals surface area (Å²) < 4.78 is 0. The van der Waals surface area contributed by atoms with Gasteiger partial charge in [0.25, 0.3) is 0 Å². The molecule has 0 saturated carbocycles. The zero-order chi connectivity index (χ0) is 12.9. The van der Waals surface area contributed by atoms with Crippen molar-refractivity contribution in [3.8, 4) is 0 Å². The fraction of sp³-hybridized carbons (Fsp3) is 0.467. The number of hydrogen-bond donors (Lipinski definition) is 0. The van der Waals surface area contributed by atoms with Gasteiger partial charge in [0.2, 0.25) is 0 Å². The molecule has 0 bridgehead atoms. The summed E-state index contributed by atoms with van der Waals surface area (Å²) in [4.78, 5) is 23.8. The second kappa shape index (κ2) is 3.80. The standard InChI is InChI=1S/C15H18O2/c1-7-8(2)10(4)14-12(9(7)3)6-13(11(5)16)15(14)17/h13H,6H2,1-5H3. The Hall–Kier alpha value is -1.44. The van der Waals surface area contributed by atoms with Crippen LogP contribution in [0.1, 0.15) is 45.1 Å². The second-order valence-corrected chi connectivity index (χ2v) is 5.09. The first kappa shape index (κ1) is 12.0. The van der Waals surface area contributed by atoms with Crippen LogP contribution in [-0.2, 0) is 11.2 Å². The first-order chi connectivity index (χ1) is 7.86. The molecule has 0 aromatic heterocycles. The topological polar surface area (TPSA) is 34.1 Å². The van der Waals surface area contributed by atoms with Crippen LogP contribution in [0.15, 0.2) is 0 Å². The summed E-state index contributed by atoms with van der Waals surface area (Å²) >= 11 is 0. The Labute approximate surface area is 102 Å². The van der Waals surface area contributed by atoms with Gasteiger partial charge in [-0.2, -0.15) is 0 Å². The third-order valence-electron chi connectivity index (χ3n) is 4.28. The van der Waals surface area contributed by atoms with Gasteiger partial charge in [0, 0.05) is 5.56 Å². The zero-order valence-corrected chi connectivity index (χ0v) is 11.1. The van der Waals surface area contributed by atoms with E-state index in [0.717, 1.165) is 16.7 Å². The SMILES string of the molecule is CC(=O)C1Cc2c(C)c(C)c(C)c(C)c2C1=O. The Balaban J connectivity index is 2.71. The van der Waals surface area contributed by atoms with Gasteiger partial charge in [0.05, 0.1) is 5.92 Å². The molecule has 1 aromatic carbocycles. The third kappa shape index (κ3) is 1.54. The van der Waals surface area contributed by atoms with E-state index >= 15 is 0 Å². The van der Waals surface area contributed by atoms with Crippen molar-refractivity contribution in [3.05, 3.63) is 33.4 Å². The third-order valence-corrected chi connectivity index (χ3v) is 4.28. The highest BCUT2D eigenvalue weighted by molar-refractivity contribution is 6.14. The van der Waals surface area contributed by atoms with E-state index in [-0.39, 0.29) is 11.6 Å². The van der Waals surface area contributed by atoms with Crippen molar-refractivity contribution >= 4 is 11.6 Å². The Morgan fingerprint density at radius 1 is 1.00 bits per heavy atom. The van der Waals surface area contributed by atoms with Crippen molar-refractivity contribution in [2.45, 2.75) is 41.0 Å². The van der Waals surface area contributed by atoms with Crippen molar-refractivity contribution in [1.82, 2.24) is 0 Å². The second-order valence-electron chi connectivity index (χ2n) is 5.09. The van der Waals surface area contributed by atoms with Crippen LogP contribution in [0, 0.1) is 33.6 Å². The zero-order valence-electron chi connectivity index (χ0n) is 11.1. The largest absolute Gasteiger partial charge is 0.299 e. The van der Waals surface area contributed by atoms with E-state index < -0.39 is 5.92 Å². The summed E-state index contributed by atoms with van der Waals surface area (Å²) in [5.41, 5.74) is 6.57. The molecule has 1 aromatic rings. The van der Waals surface area contributed by atoms with Crippen LogP contribution in [-0.4, -0.2) is 11.6 Å². The molecule has 2 nitrogen and oxygen atoms in total. The van der Waals surface area contributed by atoms with Crippen LogP contribution < -0.4 is 0 Å². The minimum Gasteiger partial charge on any atom is -0.299 e. The molecule has 0 fully saturated rings. The predicted molar refractivity (Wildman–Crippen MR) is 67.6 cm³/mol. The van der Waals surface area contributed by atoms with Crippen molar-refractivity contribution < 1.29 is 9.59 Å². The molecular weight excluding hydrogens is 212 g/mol. The van der Waals surface area contributed by atoms with E-state index in [0.29, 0.717) is 6.42 Å². The van der Waals surface area contributed by atoms with Crippen LogP contribution in [0.5, 0.6) is 0 Å². The average Bonchev–Trinajstić information content (AvgIpc) is 2.62. The van der Waals surface area contributed by atoms with Crippen LogP contribution in [0.4, 0.5) is 0 Å². The highest BCUT2D eigenvalue weighted by Crippen LogP contribution is 2.35. The maximum absolute atomic E-state index is 12.3. The molecule has 2 rings (SSSR count). The summed E-state index contributed by atoms with van der Waals surface area (Å²) in [6, 6.07) is 0. The Kier molecular flexibility index (Phi) is 2.69. The van der Waals surface area contributed by atoms with Crippen LogP contribution in [0.3, 0.4) is 0 Å².